The van der Waals surface area contributed by atoms with E-state index in [0.717, 1.165) is 15.8 Å². The first kappa shape index (κ1) is 12.5. The third kappa shape index (κ3) is 3.84. The second kappa shape index (κ2) is 6.13. The number of hydrogen-bond acceptors (Lipinski definition) is 2. The normalized spacial score (nSPS) is 10.1. The van der Waals surface area contributed by atoms with Crippen LogP contribution in [0.1, 0.15) is 12.5 Å². The molecule has 0 aliphatic rings. The van der Waals surface area contributed by atoms with Crippen LogP contribution in [0.3, 0.4) is 0 Å². The Labute approximate surface area is 103 Å². The molecule has 0 radical (unpaired) electrons. The summed E-state index contributed by atoms with van der Waals surface area (Å²) in [5.41, 5.74) is 0.872. The summed E-state index contributed by atoms with van der Waals surface area (Å²) >= 11 is 8.83. The van der Waals surface area contributed by atoms with Gasteiger partial charge in [0.1, 0.15) is 5.75 Å². The van der Waals surface area contributed by atoms with Gasteiger partial charge in [-0.25, -0.2) is 0 Å². The second-order valence-corrected chi connectivity index (χ2v) is 4.22. The number of carbonyl (C=O) groups excluding carboxylic acids is 1. The molecule has 0 spiro atoms. The van der Waals surface area contributed by atoms with Crippen molar-refractivity contribution in [2.75, 3.05) is 12.5 Å². The number of ether oxygens (including phenoxy) is 1. The zero-order valence-electron chi connectivity index (χ0n) is 8.43. The summed E-state index contributed by atoms with van der Waals surface area (Å²) in [6, 6.07) is 5.62. The van der Waals surface area contributed by atoms with E-state index in [4.69, 9.17) is 16.3 Å². The molecule has 0 unspecified atom stereocenters. The van der Waals surface area contributed by atoms with Crippen molar-refractivity contribution in [1.82, 2.24) is 0 Å². The summed E-state index contributed by atoms with van der Waals surface area (Å²) in [4.78, 5) is 11.2. The van der Waals surface area contributed by atoms with Crippen LogP contribution in [0.2, 0.25) is 0 Å². The lowest BCUT2D eigenvalue weighted by molar-refractivity contribution is -0.116. The van der Waals surface area contributed by atoms with E-state index in [-0.39, 0.29) is 11.7 Å². The second-order valence-electron chi connectivity index (χ2n) is 3.03. The van der Waals surface area contributed by atoms with Crippen molar-refractivity contribution in [3.05, 3.63) is 28.2 Å². The van der Waals surface area contributed by atoms with Crippen molar-refractivity contribution in [2.45, 2.75) is 13.3 Å². The lowest BCUT2D eigenvalue weighted by Crippen LogP contribution is -2.06. The van der Waals surface area contributed by atoms with Crippen LogP contribution in [0.25, 0.3) is 0 Å². The van der Waals surface area contributed by atoms with E-state index < -0.39 is 0 Å². The first-order valence-electron chi connectivity index (χ1n) is 4.66. The Balaban J connectivity index is 2.91. The highest BCUT2D eigenvalue weighted by molar-refractivity contribution is 9.10. The fraction of sp³-hybridized carbons (Fsp3) is 0.364. The maximum absolute atomic E-state index is 11.2. The summed E-state index contributed by atoms with van der Waals surface area (Å²) in [7, 11) is 0. The molecule has 1 aromatic carbocycles. The minimum atomic E-state index is -0.00396. The van der Waals surface area contributed by atoms with Gasteiger partial charge in [0.25, 0.3) is 0 Å². The molecule has 0 amide bonds. The van der Waals surface area contributed by atoms with Crippen LogP contribution in [0.5, 0.6) is 5.75 Å². The summed E-state index contributed by atoms with van der Waals surface area (Å²) in [6.07, 6.45) is 0.318. The number of halogens is 2. The van der Waals surface area contributed by atoms with Gasteiger partial charge in [0, 0.05) is 16.5 Å². The fourth-order valence-corrected chi connectivity index (χ4v) is 1.75. The van der Waals surface area contributed by atoms with Crippen LogP contribution in [-0.2, 0) is 11.2 Å². The molecule has 0 heterocycles. The van der Waals surface area contributed by atoms with Gasteiger partial charge in [-0.1, -0.05) is 15.9 Å². The highest BCUT2D eigenvalue weighted by Crippen LogP contribution is 2.24. The van der Waals surface area contributed by atoms with Gasteiger partial charge >= 0.3 is 0 Å². The van der Waals surface area contributed by atoms with Crippen molar-refractivity contribution < 1.29 is 9.53 Å². The zero-order valence-corrected chi connectivity index (χ0v) is 10.8. The quantitative estimate of drug-likeness (QED) is 0.779. The van der Waals surface area contributed by atoms with Crippen molar-refractivity contribution in [3.8, 4) is 5.75 Å². The highest BCUT2D eigenvalue weighted by atomic mass is 79.9. The number of rotatable bonds is 5. The van der Waals surface area contributed by atoms with E-state index in [2.05, 4.69) is 15.9 Å². The summed E-state index contributed by atoms with van der Waals surface area (Å²) in [5, 5.41) is 0. The first-order valence-corrected chi connectivity index (χ1v) is 5.99. The van der Waals surface area contributed by atoms with E-state index in [1.165, 1.54) is 0 Å². The molecule has 0 saturated heterocycles. The van der Waals surface area contributed by atoms with Gasteiger partial charge in [-0.3, -0.25) is 4.79 Å². The number of ketones is 1. The number of hydrogen-bond donors (Lipinski definition) is 0. The van der Waals surface area contributed by atoms with Gasteiger partial charge in [-0.2, -0.15) is 0 Å². The predicted molar refractivity (Wildman–Crippen MR) is 64.7 cm³/mol. The van der Waals surface area contributed by atoms with Crippen LogP contribution in [0.15, 0.2) is 22.7 Å². The van der Waals surface area contributed by atoms with Crippen molar-refractivity contribution >= 4 is 33.3 Å². The molecule has 0 atom stereocenters. The molecule has 0 saturated carbocycles. The molecule has 0 bridgehead atoms. The first-order chi connectivity index (χ1) is 7.17. The molecule has 4 heteroatoms. The van der Waals surface area contributed by atoms with E-state index >= 15 is 0 Å². The molecule has 15 heavy (non-hydrogen) atoms. The third-order valence-electron chi connectivity index (χ3n) is 1.86. The van der Waals surface area contributed by atoms with Crippen molar-refractivity contribution in [1.29, 1.82) is 0 Å². The maximum atomic E-state index is 11.2. The molecule has 1 aromatic rings. The number of carbonyl (C=O) groups is 1. The molecule has 2 nitrogen and oxygen atoms in total. The molecule has 0 aliphatic carbocycles. The SMILES string of the molecule is CCOc1ccc(Br)cc1CC(=O)CCl. The standard InChI is InChI=1S/C11H12BrClO2/c1-2-15-11-4-3-9(12)5-8(11)6-10(14)7-13/h3-5H,2,6-7H2,1H3. The zero-order chi connectivity index (χ0) is 11.3. The average Bonchev–Trinajstić information content (AvgIpc) is 2.22. The van der Waals surface area contributed by atoms with Crippen LogP contribution < -0.4 is 4.74 Å². The van der Waals surface area contributed by atoms with Crippen molar-refractivity contribution in [2.24, 2.45) is 0 Å². The molecule has 0 N–H and O–H groups in total. The Morgan fingerprint density at radius 2 is 2.27 bits per heavy atom. The number of benzene rings is 1. The van der Waals surface area contributed by atoms with Gasteiger partial charge in [0.05, 0.1) is 12.5 Å². The van der Waals surface area contributed by atoms with Gasteiger partial charge in [-0.15, -0.1) is 11.6 Å². The Hall–Kier alpha value is -0.540. The van der Waals surface area contributed by atoms with Gasteiger partial charge < -0.3 is 4.74 Å². The molecular weight excluding hydrogens is 279 g/mol. The number of alkyl halides is 1. The molecule has 82 valence electrons. The minimum absolute atomic E-state index is 0.00396. The highest BCUT2D eigenvalue weighted by Gasteiger charge is 2.08. The van der Waals surface area contributed by atoms with Gasteiger partial charge in [-0.05, 0) is 25.1 Å². The Bertz CT molecular complexity index is 352. The largest absolute Gasteiger partial charge is 0.494 e. The summed E-state index contributed by atoms with van der Waals surface area (Å²) in [6.45, 7) is 2.50. The van der Waals surface area contributed by atoms with E-state index in [1.807, 2.05) is 25.1 Å². The van der Waals surface area contributed by atoms with Gasteiger partial charge in [0.15, 0.2) is 5.78 Å². The Kier molecular flexibility index (Phi) is 5.12. The van der Waals surface area contributed by atoms with Crippen LogP contribution >= 0.6 is 27.5 Å². The molecular formula is C11H12BrClO2. The lowest BCUT2D eigenvalue weighted by atomic mass is 10.1. The third-order valence-corrected chi connectivity index (χ3v) is 2.65. The topological polar surface area (TPSA) is 26.3 Å². The van der Waals surface area contributed by atoms with Crippen molar-refractivity contribution in [3.63, 3.8) is 0 Å². The maximum Gasteiger partial charge on any atom is 0.152 e. The number of Topliss-reactive ketones (excluding diaryl/α,β-unsaturated/α-hetero) is 1. The summed E-state index contributed by atoms with van der Waals surface area (Å²) < 4.78 is 6.35. The lowest BCUT2D eigenvalue weighted by Gasteiger charge is -2.09. The smallest absolute Gasteiger partial charge is 0.152 e. The summed E-state index contributed by atoms with van der Waals surface area (Å²) in [5.74, 6) is 0.785. The van der Waals surface area contributed by atoms with Crippen LogP contribution in [0, 0.1) is 0 Å². The molecule has 0 aliphatic heterocycles. The van der Waals surface area contributed by atoms with Crippen LogP contribution in [-0.4, -0.2) is 18.3 Å². The van der Waals surface area contributed by atoms with Crippen LogP contribution in [0.4, 0.5) is 0 Å². The van der Waals surface area contributed by atoms with E-state index in [1.54, 1.807) is 0 Å². The van der Waals surface area contributed by atoms with E-state index in [9.17, 15) is 4.79 Å². The van der Waals surface area contributed by atoms with E-state index in [0.29, 0.717) is 13.0 Å². The molecule has 0 fully saturated rings. The fourth-order valence-electron chi connectivity index (χ4n) is 1.24. The molecule has 1 rings (SSSR count). The monoisotopic (exact) mass is 290 g/mol. The minimum Gasteiger partial charge on any atom is -0.494 e. The average molecular weight is 292 g/mol. The Morgan fingerprint density at radius 3 is 2.87 bits per heavy atom. The Morgan fingerprint density at radius 1 is 1.53 bits per heavy atom. The molecule has 0 aromatic heterocycles. The predicted octanol–water partition coefficient (Wildman–Crippen LogP) is 3.20. The van der Waals surface area contributed by atoms with Gasteiger partial charge in [0.2, 0.25) is 0 Å².